The maximum atomic E-state index is 4.55. The Bertz CT molecular complexity index is 3130. The normalized spacial score (nSPS) is 11.9. The Morgan fingerprint density at radius 3 is 1.37 bits per heavy atom. The standard InChI is InChI=1S/C47H30N4/c1-3-11-33(12-4-1)49-44-24-21-35(29-40(44)41-30-48-26-25-45(41)49)51-43-18-10-8-16-37(43)39-23-20-32(28-47(39)51)31-19-22-38-36-15-7-9-17-42(36)50(46(38)27-31)34-13-5-2-6-14-34/h1-30H. The van der Waals surface area contributed by atoms with Crippen LogP contribution >= 0.6 is 0 Å². The molecule has 11 rings (SSSR count). The summed E-state index contributed by atoms with van der Waals surface area (Å²) in [5.74, 6) is 0. The fourth-order valence-electron chi connectivity index (χ4n) is 8.28. The van der Waals surface area contributed by atoms with Crippen LogP contribution in [-0.2, 0) is 0 Å². The molecule has 0 amide bonds. The van der Waals surface area contributed by atoms with Crippen LogP contribution in [0.25, 0.3) is 93.6 Å². The SMILES string of the molecule is c1ccc(-n2c3ccncc3c3cc(-n4c5ccccc5c5ccc(-c6ccc7c8ccccc8n(-c8ccccc8)c7c6)cc54)ccc32)cc1. The third-order valence-electron chi connectivity index (χ3n) is 10.5. The molecular weight excluding hydrogens is 621 g/mol. The second-order valence-electron chi connectivity index (χ2n) is 13.3. The minimum absolute atomic E-state index is 1.13. The predicted octanol–water partition coefficient (Wildman–Crippen LogP) is 12.0. The first-order valence-electron chi connectivity index (χ1n) is 17.4. The minimum atomic E-state index is 1.13. The summed E-state index contributed by atoms with van der Waals surface area (Å²) in [5.41, 5.74) is 12.9. The van der Waals surface area contributed by atoms with E-state index >= 15 is 0 Å². The van der Waals surface area contributed by atoms with Crippen LogP contribution in [0.5, 0.6) is 0 Å². The van der Waals surface area contributed by atoms with Crippen LogP contribution in [0.15, 0.2) is 182 Å². The summed E-state index contributed by atoms with van der Waals surface area (Å²) in [6.45, 7) is 0. The van der Waals surface area contributed by atoms with Gasteiger partial charge in [-0.3, -0.25) is 4.98 Å². The van der Waals surface area contributed by atoms with Gasteiger partial charge in [0, 0.05) is 61.8 Å². The number of aromatic nitrogens is 4. The summed E-state index contributed by atoms with van der Waals surface area (Å²) in [6.07, 6.45) is 3.88. The molecule has 0 aliphatic heterocycles. The molecule has 0 saturated heterocycles. The lowest BCUT2D eigenvalue weighted by atomic mass is 10.0. The summed E-state index contributed by atoms with van der Waals surface area (Å²) in [7, 11) is 0. The van der Waals surface area contributed by atoms with Gasteiger partial charge in [-0.25, -0.2) is 0 Å². The van der Waals surface area contributed by atoms with E-state index in [2.05, 4.69) is 189 Å². The van der Waals surface area contributed by atoms with E-state index in [4.69, 9.17) is 0 Å². The number of para-hydroxylation sites is 4. The Labute approximate surface area is 293 Å². The molecule has 0 N–H and O–H groups in total. The zero-order valence-corrected chi connectivity index (χ0v) is 27.6. The fourth-order valence-corrected chi connectivity index (χ4v) is 8.28. The molecule has 238 valence electrons. The maximum absolute atomic E-state index is 4.55. The number of nitrogens with zero attached hydrogens (tertiary/aromatic N) is 4. The Hall–Kier alpha value is -6.91. The number of benzene rings is 7. The molecule has 0 unspecified atom stereocenters. The van der Waals surface area contributed by atoms with E-state index < -0.39 is 0 Å². The minimum Gasteiger partial charge on any atom is -0.309 e. The van der Waals surface area contributed by atoms with Crippen molar-refractivity contribution in [2.45, 2.75) is 0 Å². The Balaban J connectivity index is 1.14. The van der Waals surface area contributed by atoms with Gasteiger partial charge in [0.1, 0.15) is 0 Å². The lowest BCUT2D eigenvalue weighted by Crippen LogP contribution is -1.96. The Morgan fingerprint density at radius 2 is 0.765 bits per heavy atom. The number of hydrogen-bond acceptors (Lipinski definition) is 1. The molecule has 0 atom stereocenters. The maximum Gasteiger partial charge on any atom is 0.0571 e. The van der Waals surface area contributed by atoms with Gasteiger partial charge in [0.15, 0.2) is 0 Å². The van der Waals surface area contributed by atoms with Crippen LogP contribution < -0.4 is 0 Å². The number of pyridine rings is 1. The summed E-state index contributed by atoms with van der Waals surface area (Å²) in [5, 5.41) is 7.32. The van der Waals surface area contributed by atoms with Gasteiger partial charge in [-0.1, -0.05) is 97.1 Å². The zero-order chi connectivity index (χ0) is 33.5. The smallest absolute Gasteiger partial charge is 0.0571 e. The molecule has 4 nitrogen and oxygen atoms in total. The number of hydrogen-bond donors (Lipinski definition) is 0. The van der Waals surface area contributed by atoms with E-state index in [0.717, 1.165) is 33.5 Å². The molecule has 4 heteroatoms. The van der Waals surface area contributed by atoms with Crippen LogP contribution in [0.3, 0.4) is 0 Å². The molecule has 0 radical (unpaired) electrons. The number of fused-ring (bicyclic) bond motifs is 9. The second kappa shape index (κ2) is 10.8. The molecule has 4 aromatic heterocycles. The highest BCUT2D eigenvalue weighted by Crippen LogP contribution is 2.39. The van der Waals surface area contributed by atoms with Crippen LogP contribution in [0.4, 0.5) is 0 Å². The molecule has 11 aromatic rings. The zero-order valence-electron chi connectivity index (χ0n) is 27.6. The molecule has 4 heterocycles. The first kappa shape index (κ1) is 28.0. The first-order chi connectivity index (χ1) is 25.3. The molecular formula is C47H30N4. The van der Waals surface area contributed by atoms with Crippen molar-refractivity contribution < 1.29 is 0 Å². The fraction of sp³-hybridized carbons (Fsp3) is 0. The molecule has 0 spiro atoms. The van der Waals surface area contributed by atoms with Crippen LogP contribution in [0.1, 0.15) is 0 Å². The predicted molar refractivity (Wildman–Crippen MR) is 213 cm³/mol. The third kappa shape index (κ3) is 4.11. The van der Waals surface area contributed by atoms with E-state index in [-0.39, 0.29) is 0 Å². The van der Waals surface area contributed by atoms with Gasteiger partial charge in [-0.15, -0.1) is 0 Å². The average molecular weight is 651 g/mol. The van der Waals surface area contributed by atoms with Crippen molar-refractivity contribution in [3.8, 4) is 28.2 Å². The third-order valence-corrected chi connectivity index (χ3v) is 10.5. The molecule has 0 fully saturated rings. The van der Waals surface area contributed by atoms with Gasteiger partial charge in [0.05, 0.1) is 33.1 Å². The van der Waals surface area contributed by atoms with Crippen molar-refractivity contribution in [1.82, 2.24) is 18.7 Å². The highest BCUT2D eigenvalue weighted by atomic mass is 15.0. The molecule has 0 aliphatic rings. The molecule has 7 aromatic carbocycles. The van der Waals surface area contributed by atoms with Gasteiger partial charge in [0.25, 0.3) is 0 Å². The summed E-state index contributed by atoms with van der Waals surface area (Å²) in [6, 6.07) is 61.5. The first-order valence-corrected chi connectivity index (χ1v) is 17.4. The van der Waals surface area contributed by atoms with Gasteiger partial charge < -0.3 is 13.7 Å². The van der Waals surface area contributed by atoms with Crippen LogP contribution in [-0.4, -0.2) is 18.7 Å². The molecule has 51 heavy (non-hydrogen) atoms. The second-order valence-corrected chi connectivity index (χ2v) is 13.3. The van der Waals surface area contributed by atoms with E-state index in [9.17, 15) is 0 Å². The lowest BCUT2D eigenvalue weighted by Gasteiger charge is -2.11. The largest absolute Gasteiger partial charge is 0.309 e. The van der Waals surface area contributed by atoms with Gasteiger partial charge in [-0.2, -0.15) is 0 Å². The Kier molecular flexibility index (Phi) is 5.92. The average Bonchev–Trinajstić information content (AvgIpc) is 3.83. The van der Waals surface area contributed by atoms with Crippen molar-refractivity contribution in [2.24, 2.45) is 0 Å². The highest BCUT2D eigenvalue weighted by molar-refractivity contribution is 6.13. The van der Waals surface area contributed by atoms with Crippen LogP contribution in [0.2, 0.25) is 0 Å². The van der Waals surface area contributed by atoms with E-state index in [1.54, 1.807) is 0 Å². The summed E-state index contributed by atoms with van der Waals surface area (Å²) in [4.78, 5) is 4.55. The topological polar surface area (TPSA) is 27.7 Å². The van der Waals surface area contributed by atoms with E-state index in [1.165, 1.54) is 60.1 Å². The summed E-state index contributed by atoms with van der Waals surface area (Å²) >= 11 is 0. The van der Waals surface area contributed by atoms with Crippen molar-refractivity contribution >= 4 is 65.4 Å². The van der Waals surface area contributed by atoms with Crippen molar-refractivity contribution in [2.75, 3.05) is 0 Å². The molecule has 0 bridgehead atoms. The highest BCUT2D eigenvalue weighted by Gasteiger charge is 2.18. The van der Waals surface area contributed by atoms with Gasteiger partial charge in [-0.05, 0) is 83.9 Å². The summed E-state index contributed by atoms with van der Waals surface area (Å²) < 4.78 is 7.15. The van der Waals surface area contributed by atoms with Crippen molar-refractivity contribution in [3.05, 3.63) is 182 Å². The monoisotopic (exact) mass is 650 g/mol. The van der Waals surface area contributed by atoms with Crippen molar-refractivity contribution in [1.29, 1.82) is 0 Å². The van der Waals surface area contributed by atoms with Gasteiger partial charge in [0.2, 0.25) is 0 Å². The molecule has 0 saturated carbocycles. The number of rotatable bonds is 4. The lowest BCUT2D eigenvalue weighted by molar-refractivity contribution is 1.16. The van der Waals surface area contributed by atoms with Crippen LogP contribution in [0, 0.1) is 0 Å². The van der Waals surface area contributed by atoms with E-state index in [1.807, 2.05) is 12.4 Å². The van der Waals surface area contributed by atoms with Crippen molar-refractivity contribution in [3.63, 3.8) is 0 Å². The quantitative estimate of drug-likeness (QED) is 0.186. The van der Waals surface area contributed by atoms with Gasteiger partial charge >= 0.3 is 0 Å². The Morgan fingerprint density at radius 1 is 0.294 bits per heavy atom. The molecule has 0 aliphatic carbocycles. The van der Waals surface area contributed by atoms with E-state index in [0.29, 0.717) is 0 Å².